The molecule has 0 bridgehead atoms. The Bertz CT molecular complexity index is 626. The molecule has 1 N–H and O–H groups in total. The standard InChI is InChI=1S/C15H20FN5.HI/c1-17-15(18-10-14-7-8-19-21(14)3)20(2)11-12-5-4-6-13(16)9-12;/h4-9H,10-11H2,1-3H3,(H,17,18);1H. The summed E-state index contributed by atoms with van der Waals surface area (Å²) in [6.07, 6.45) is 1.76. The zero-order chi connectivity index (χ0) is 15.2. The van der Waals surface area contributed by atoms with E-state index in [-0.39, 0.29) is 29.8 Å². The van der Waals surface area contributed by atoms with Gasteiger partial charge in [-0.3, -0.25) is 9.67 Å². The molecule has 22 heavy (non-hydrogen) atoms. The van der Waals surface area contributed by atoms with Crippen LogP contribution < -0.4 is 5.32 Å². The number of hydrogen-bond acceptors (Lipinski definition) is 2. The van der Waals surface area contributed by atoms with Gasteiger partial charge >= 0.3 is 0 Å². The van der Waals surface area contributed by atoms with Crippen molar-refractivity contribution >= 4 is 29.9 Å². The summed E-state index contributed by atoms with van der Waals surface area (Å²) in [7, 11) is 5.55. The molecule has 1 heterocycles. The third-order valence-corrected chi connectivity index (χ3v) is 3.23. The first-order valence-electron chi connectivity index (χ1n) is 6.73. The quantitative estimate of drug-likeness (QED) is 0.472. The Balaban J connectivity index is 0.00000242. The molecule has 0 aliphatic carbocycles. The molecular formula is C15H21FIN5. The summed E-state index contributed by atoms with van der Waals surface area (Å²) in [4.78, 5) is 6.19. The van der Waals surface area contributed by atoms with Crippen molar-refractivity contribution in [2.24, 2.45) is 12.0 Å². The smallest absolute Gasteiger partial charge is 0.194 e. The molecule has 5 nitrogen and oxygen atoms in total. The van der Waals surface area contributed by atoms with Gasteiger partial charge in [0.1, 0.15) is 5.82 Å². The number of nitrogens with one attached hydrogen (secondary N) is 1. The lowest BCUT2D eigenvalue weighted by Crippen LogP contribution is -2.38. The fraction of sp³-hybridized carbons (Fsp3) is 0.333. The van der Waals surface area contributed by atoms with Crippen molar-refractivity contribution < 1.29 is 4.39 Å². The van der Waals surface area contributed by atoms with E-state index in [0.717, 1.165) is 17.2 Å². The molecule has 1 aromatic carbocycles. The maximum Gasteiger partial charge on any atom is 0.194 e. The Kier molecular flexibility index (Phi) is 7.30. The lowest BCUT2D eigenvalue weighted by molar-refractivity contribution is 0.472. The average Bonchev–Trinajstić information content (AvgIpc) is 2.85. The third-order valence-electron chi connectivity index (χ3n) is 3.23. The Morgan fingerprint density at radius 1 is 1.41 bits per heavy atom. The van der Waals surface area contributed by atoms with E-state index in [0.29, 0.717) is 13.1 Å². The number of aliphatic imine (C=N–C) groups is 1. The number of aromatic nitrogens is 2. The molecule has 0 saturated heterocycles. The molecule has 0 atom stereocenters. The highest BCUT2D eigenvalue weighted by molar-refractivity contribution is 14.0. The van der Waals surface area contributed by atoms with E-state index in [1.165, 1.54) is 12.1 Å². The number of halogens is 2. The van der Waals surface area contributed by atoms with Gasteiger partial charge < -0.3 is 10.2 Å². The first-order valence-corrected chi connectivity index (χ1v) is 6.73. The molecule has 0 aliphatic heterocycles. The van der Waals surface area contributed by atoms with Crippen molar-refractivity contribution in [2.45, 2.75) is 13.1 Å². The largest absolute Gasteiger partial charge is 0.351 e. The summed E-state index contributed by atoms with van der Waals surface area (Å²) >= 11 is 0. The van der Waals surface area contributed by atoms with Crippen molar-refractivity contribution in [3.63, 3.8) is 0 Å². The number of benzene rings is 1. The minimum Gasteiger partial charge on any atom is -0.351 e. The fourth-order valence-corrected chi connectivity index (χ4v) is 2.11. The second-order valence-corrected chi connectivity index (χ2v) is 4.83. The number of guanidine groups is 1. The highest BCUT2D eigenvalue weighted by Gasteiger charge is 2.08. The van der Waals surface area contributed by atoms with Crippen LogP contribution >= 0.6 is 24.0 Å². The Labute approximate surface area is 147 Å². The first-order chi connectivity index (χ1) is 10.1. The topological polar surface area (TPSA) is 45.5 Å². The van der Waals surface area contributed by atoms with E-state index in [9.17, 15) is 4.39 Å². The summed E-state index contributed by atoms with van der Waals surface area (Å²) in [5.74, 6) is 0.527. The number of nitrogens with zero attached hydrogens (tertiary/aromatic N) is 4. The molecule has 0 radical (unpaired) electrons. The van der Waals surface area contributed by atoms with Gasteiger partial charge in [0.05, 0.1) is 12.2 Å². The van der Waals surface area contributed by atoms with Crippen LogP contribution in [0.25, 0.3) is 0 Å². The van der Waals surface area contributed by atoms with Crippen LogP contribution in [-0.4, -0.2) is 34.7 Å². The molecule has 120 valence electrons. The molecule has 2 aromatic rings. The lowest BCUT2D eigenvalue weighted by atomic mass is 10.2. The maximum atomic E-state index is 13.2. The van der Waals surface area contributed by atoms with E-state index in [1.807, 2.05) is 35.8 Å². The van der Waals surface area contributed by atoms with Gasteiger partial charge in [-0.2, -0.15) is 5.10 Å². The van der Waals surface area contributed by atoms with Gasteiger partial charge in [-0.05, 0) is 23.8 Å². The summed E-state index contributed by atoms with van der Waals surface area (Å²) in [5, 5.41) is 7.39. The van der Waals surface area contributed by atoms with Crippen LogP contribution in [0.1, 0.15) is 11.3 Å². The first kappa shape index (κ1) is 18.4. The van der Waals surface area contributed by atoms with Gasteiger partial charge in [0, 0.05) is 33.9 Å². The molecular weight excluding hydrogens is 396 g/mol. The normalized spacial score (nSPS) is 11.0. The molecule has 0 aliphatic rings. The predicted molar refractivity (Wildman–Crippen MR) is 96.7 cm³/mol. The Morgan fingerprint density at radius 3 is 2.77 bits per heavy atom. The number of hydrogen-bond donors (Lipinski definition) is 1. The zero-order valence-electron chi connectivity index (χ0n) is 13.0. The Morgan fingerprint density at radius 2 is 2.18 bits per heavy atom. The fourth-order valence-electron chi connectivity index (χ4n) is 2.11. The predicted octanol–water partition coefficient (Wildman–Crippen LogP) is 2.38. The molecule has 0 unspecified atom stereocenters. The van der Waals surface area contributed by atoms with E-state index >= 15 is 0 Å². The van der Waals surface area contributed by atoms with Gasteiger partial charge in [0.2, 0.25) is 0 Å². The van der Waals surface area contributed by atoms with Crippen LogP contribution in [0.2, 0.25) is 0 Å². The van der Waals surface area contributed by atoms with Crippen LogP contribution in [0, 0.1) is 5.82 Å². The van der Waals surface area contributed by atoms with Gasteiger partial charge in [-0.1, -0.05) is 12.1 Å². The van der Waals surface area contributed by atoms with Crippen molar-refractivity contribution in [1.82, 2.24) is 20.0 Å². The van der Waals surface area contributed by atoms with Crippen LogP contribution in [0.4, 0.5) is 4.39 Å². The van der Waals surface area contributed by atoms with Gasteiger partial charge in [0.25, 0.3) is 0 Å². The SMILES string of the molecule is CN=C(NCc1ccnn1C)N(C)Cc1cccc(F)c1.I. The summed E-state index contributed by atoms with van der Waals surface area (Å²) in [6.45, 7) is 1.22. The van der Waals surface area contributed by atoms with Crippen molar-refractivity contribution in [2.75, 3.05) is 14.1 Å². The summed E-state index contributed by atoms with van der Waals surface area (Å²) in [6, 6.07) is 8.54. The van der Waals surface area contributed by atoms with E-state index in [1.54, 1.807) is 19.3 Å². The highest BCUT2D eigenvalue weighted by atomic mass is 127. The summed E-state index contributed by atoms with van der Waals surface area (Å²) in [5.41, 5.74) is 1.97. The molecule has 1 aromatic heterocycles. The summed E-state index contributed by atoms with van der Waals surface area (Å²) < 4.78 is 15.0. The number of rotatable bonds is 4. The lowest BCUT2D eigenvalue weighted by Gasteiger charge is -2.22. The molecule has 0 saturated carbocycles. The number of aryl methyl sites for hydroxylation is 1. The molecule has 2 rings (SSSR count). The average molecular weight is 417 g/mol. The zero-order valence-corrected chi connectivity index (χ0v) is 15.3. The van der Waals surface area contributed by atoms with Gasteiger partial charge in [-0.15, -0.1) is 24.0 Å². The van der Waals surface area contributed by atoms with Gasteiger partial charge in [-0.25, -0.2) is 4.39 Å². The minimum atomic E-state index is -0.223. The second-order valence-electron chi connectivity index (χ2n) is 4.83. The van der Waals surface area contributed by atoms with Crippen molar-refractivity contribution in [1.29, 1.82) is 0 Å². The monoisotopic (exact) mass is 417 g/mol. The minimum absolute atomic E-state index is 0. The van der Waals surface area contributed by atoms with E-state index in [2.05, 4.69) is 15.4 Å². The van der Waals surface area contributed by atoms with Crippen LogP contribution in [0.3, 0.4) is 0 Å². The van der Waals surface area contributed by atoms with Crippen molar-refractivity contribution in [3.05, 3.63) is 53.6 Å². The molecule has 0 spiro atoms. The molecule has 0 fully saturated rings. The second kappa shape index (κ2) is 8.72. The maximum absolute atomic E-state index is 13.2. The van der Waals surface area contributed by atoms with E-state index < -0.39 is 0 Å². The highest BCUT2D eigenvalue weighted by Crippen LogP contribution is 2.06. The van der Waals surface area contributed by atoms with Crippen LogP contribution in [0.15, 0.2) is 41.5 Å². The molecule has 0 amide bonds. The van der Waals surface area contributed by atoms with Gasteiger partial charge in [0.15, 0.2) is 5.96 Å². The van der Waals surface area contributed by atoms with Crippen LogP contribution in [-0.2, 0) is 20.1 Å². The van der Waals surface area contributed by atoms with Crippen molar-refractivity contribution in [3.8, 4) is 0 Å². The van der Waals surface area contributed by atoms with Crippen LogP contribution in [0.5, 0.6) is 0 Å². The van der Waals surface area contributed by atoms with E-state index in [4.69, 9.17) is 0 Å². The Hall–Kier alpha value is -1.64. The third kappa shape index (κ3) is 4.97. The molecule has 7 heteroatoms.